The third-order valence-electron chi connectivity index (χ3n) is 4.04. The van der Waals surface area contributed by atoms with Crippen molar-refractivity contribution in [1.29, 1.82) is 0 Å². The van der Waals surface area contributed by atoms with Gasteiger partial charge in [-0.25, -0.2) is 0 Å². The third kappa shape index (κ3) is 2.01. The van der Waals surface area contributed by atoms with E-state index in [1.165, 1.54) is 42.0 Å². The summed E-state index contributed by atoms with van der Waals surface area (Å²) in [5, 5.41) is 3.63. The molecule has 1 fully saturated rings. The average Bonchev–Trinajstić information content (AvgIpc) is 2.74. The monoisotopic (exact) mass is 249 g/mol. The minimum absolute atomic E-state index is 0.523. The summed E-state index contributed by atoms with van der Waals surface area (Å²) in [6, 6.07) is 6.29. The van der Waals surface area contributed by atoms with Crippen molar-refractivity contribution in [3.8, 4) is 5.75 Å². The molecule has 1 spiro atoms. The number of benzene rings is 1. The van der Waals surface area contributed by atoms with Gasteiger partial charge in [0, 0.05) is 12.3 Å². The molecule has 92 valence electrons. The van der Waals surface area contributed by atoms with Crippen LogP contribution in [0.2, 0.25) is 0 Å². The molecule has 0 radical (unpaired) electrons. The normalized spacial score (nSPS) is 21.7. The van der Waals surface area contributed by atoms with E-state index in [9.17, 15) is 0 Å². The molecule has 1 N–H and O–H groups in total. The summed E-state index contributed by atoms with van der Waals surface area (Å²) in [4.78, 5) is 1.29. The van der Waals surface area contributed by atoms with Gasteiger partial charge in [0.1, 0.15) is 5.75 Å². The summed E-state index contributed by atoms with van der Waals surface area (Å²) in [6.07, 6.45) is 5.55. The number of hydrogen-bond donors (Lipinski definition) is 1. The first-order chi connectivity index (χ1) is 8.33. The van der Waals surface area contributed by atoms with E-state index in [0.29, 0.717) is 5.41 Å². The summed E-state index contributed by atoms with van der Waals surface area (Å²) in [6.45, 7) is 1.13. The van der Waals surface area contributed by atoms with Crippen molar-refractivity contribution < 1.29 is 4.74 Å². The van der Waals surface area contributed by atoms with E-state index in [1.807, 2.05) is 11.8 Å². The minimum Gasteiger partial charge on any atom is -0.496 e. The molecular weight excluding hydrogens is 230 g/mol. The SMILES string of the molecule is COc1cccc2c1SCC1(CCCC1)CN2. The minimum atomic E-state index is 0.523. The highest BCUT2D eigenvalue weighted by Crippen LogP contribution is 2.48. The number of anilines is 1. The van der Waals surface area contributed by atoms with Crippen molar-refractivity contribution in [2.24, 2.45) is 5.41 Å². The number of methoxy groups -OCH3 is 1. The molecule has 0 unspecified atom stereocenters. The molecule has 3 rings (SSSR count). The summed E-state index contributed by atoms with van der Waals surface area (Å²) in [5.74, 6) is 2.24. The van der Waals surface area contributed by atoms with Gasteiger partial charge in [-0.1, -0.05) is 18.9 Å². The quantitative estimate of drug-likeness (QED) is 0.818. The Labute approximate surface area is 107 Å². The summed E-state index contributed by atoms with van der Waals surface area (Å²) < 4.78 is 5.46. The van der Waals surface area contributed by atoms with Crippen molar-refractivity contribution in [2.75, 3.05) is 24.7 Å². The fraction of sp³-hybridized carbons (Fsp3) is 0.571. The van der Waals surface area contributed by atoms with Crippen molar-refractivity contribution >= 4 is 17.4 Å². The molecule has 2 nitrogen and oxygen atoms in total. The van der Waals surface area contributed by atoms with E-state index in [2.05, 4.69) is 23.5 Å². The molecule has 0 bridgehead atoms. The zero-order chi connectivity index (χ0) is 11.7. The second-order valence-electron chi connectivity index (χ2n) is 5.19. The predicted octanol–water partition coefficient (Wildman–Crippen LogP) is 3.77. The zero-order valence-electron chi connectivity index (χ0n) is 10.3. The highest BCUT2D eigenvalue weighted by Gasteiger charge is 2.36. The van der Waals surface area contributed by atoms with Gasteiger partial charge < -0.3 is 10.1 Å². The van der Waals surface area contributed by atoms with E-state index in [0.717, 1.165) is 12.3 Å². The predicted molar refractivity (Wildman–Crippen MR) is 73.1 cm³/mol. The van der Waals surface area contributed by atoms with Gasteiger partial charge in [0.05, 0.1) is 17.7 Å². The van der Waals surface area contributed by atoms with Crippen LogP contribution in [-0.4, -0.2) is 19.4 Å². The van der Waals surface area contributed by atoms with Gasteiger partial charge in [-0.3, -0.25) is 0 Å². The first kappa shape index (κ1) is 11.3. The standard InChI is InChI=1S/C14H19NOS/c1-16-12-6-4-5-11-13(12)17-10-14(9-15-11)7-2-3-8-14/h4-6,15H,2-3,7-10H2,1H3. The van der Waals surface area contributed by atoms with Crippen molar-refractivity contribution in [3.63, 3.8) is 0 Å². The maximum absolute atomic E-state index is 5.46. The topological polar surface area (TPSA) is 21.3 Å². The fourth-order valence-corrected chi connectivity index (χ4v) is 4.40. The van der Waals surface area contributed by atoms with Crippen molar-refractivity contribution in [1.82, 2.24) is 0 Å². The smallest absolute Gasteiger partial charge is 0.134 e. The largest absolute Gasteiger partial charge is 0.496 e. The molecule has 0 aromatic heterocycles. The maximum Gasteiger partial charge on any atom is 0.134 e. The molecule has 3 heteroatoms. The number of ether oxygens (including phenoxy) is 1. The molecule has 1 aliphatic carbocycles. The Morgan fingerprint density at radius 2 is 2.12 bits per heavy atom. The van der Waals surface area contributed by atoms with Crippen molar-refractivity contribution in [3.05, 3.63) is 18.2 Å². The maximum atomic E-state index is 5.46. The lowest BCUT2D eigenvalue weighted by Gasteiger charge is -2.26. The highest BCUT2D eigenvalue weighted by molar-refractivity contribution is 7.99. The van der Waals surface area contributed by atoms with Gasteiger partial charge in [0.15, 0.2) is 0 Å². The first-order valence-corrected chi connectivity index (χ1v) is 7.35. The van der Waals surface area contributed by atoms with Crippen LogP contribution in [0.25, 0.3) is 0 Å². The van der Waals surface area contributed by atoms with E-state index < -0.39 is 0 Å². The highest BCUT2D eigenvalue weighted by atomic mass is 32.2. The number of thioether (sulfide) groups is 1. The Balaban J connectivity index is 1.89. The Kier molecular flexibility index (Phi) is 2.95. The fourth-order valence-electron chi connectivity index (χ4n) is 2.97. The van der Waals surface area contributed by atoms with Crippen LogP contribution in [0.3, 0.4) is 0 Å². The second kappa shape index (κ2) is 4.45. The van der Waals surface area contributed by atoms with Gasteiger partial charge in [-0.05, 0) is 30.4 Å². The number of hydrogen-bond acceptors (Lipinski definition) is 3. The van der Waals surface area contributed by atoms with Gasteiger partial charge >= 0.3 is 0 Å². The molecular formula is C14H19NOS. The van der Waals surface area contributed by atoms with Crippen LogP contribution < -0.4 is 10.1 Å². The number of rotatable bonds is 1. The van der Waals surface area contributed by atoms with Crippen LogP contribution >= 0.6 is 11.8 Å². The van der Waals surface area contributed by atoms with E-state index in [-0.39, 0.29) is 0 Å². The molecule has 17 heavy (non-hydrogen) atoms. The average molecular weight is 249 g/mol. The molecule has 2 aliphatic rings. The Morgan fingerprint density at radius 3 is 2.88 bits per heavy atom. The number of fused-ring (bicyclic) bond motifs is 1. The third-order valence-corrected chi connectivity index (χ3v) is 5.51. The summed E-state index contributed by atoms with van der Waals surface area (Å²) in [7, 11) is 1.76. The van der Waals surface area contributed by atoms with Crippen molar-refractivity contribution in [2.45, 2.75) is 30.6 Å². The molecule has 0 atom stereocenters. The molecule has 0 saturated heterocycles. The lowest BCUT2D eigenvalue weighted by atomic mass is 9.88. The van der Waals surface area contributed by atoms with Gasteiger partial charge in [-0.15, -0.1) is 11.8 Å². The van der Waals surface area contributed by atoms with Crippen LogP contribution in [0.4, 0.5) is 5.69 Å². The van der Waals surface area contributed by atoms with Gasteiger partial charge in [0.2, 0.25) is 0 Å². The first-order valence-electron chi connectivity index (χ1n) is 6.37. The van der Waals surface area contributed by atoms with E-state index in [4.69, 9.17) is 4.74 Å². The Bertz CT molecular complexity index is 413. The Morgan fingerprint density at radius 1 is 1.29 bits per heavy atom. The van der Waals surface area contributed by atoms with Crippen LogP contribution in [0, 0.1) is 5.41 Å². The lowest BCUT2D eigenvalue weighted by Crippen LogP contribution is -2.27. The molecule has 1 saturated carbocycles. The molecule has 1 aliphatic heterocycles. The molecule has 1 aromatic rings. The van der Waals surface area contributed by atoms with E-state index >= 15 is 0 Å². The summed E-state index contributed by atoms with van der Waals surface area (Å²) in [5.41, 5.74) is 1.77. The van der Waals surface area contributed by atoms with Crippen LogP contribution in [0.1, 0.15) is 25.7 Å². The lowest BCUT2D eigenvalue weighted by molar-refractivity contribution is 0.373. The molecule has 0 amide bonds. The van der Waals surface area contributed by atoms with Crippen LogP contribution in [0.15, 0.2) is 23.1 Å². The van der Waals surface area contributed by atoms with Crippen LogP contribution in [0.5, 0.6) is 5.75 Å². The molecule has 1 heterocycles. The molecule has 1 aromatic carbocycles. The van der Waals surface area contributed by atoms with E-state index in [1.54, 1.807) is 7.11 Å². The second-order valence-corrected chi connectivity index (χ2v) is 6.17. The number of nitrogens with one attached hydrogen (secondary N) is 1. The van der Waals surface area contributed by atoms with Gasteiger partial charge in [-0.2, -0.15) is 0 Å². The Hall–Kier alpha value is -0.830. The van der Waals surface area contributed by atoms with Gasteiger partial charge in [0.25, 0.3) is 0 Å². The summed E-state index contributed by atoms with van der Waals surface area (Å²) >= 11 is 1.97. The van der Waals surface area contributed by atoms with Crippen LogP contribution in [-0.2, 0) is 0 Å². The zero-order valence-corrected chi connectivity index (χ0v) is 11.1.